The zero-order valence-electron chi connectivity index (χ0n) is 21.1. The van der Waals surface area contributed by atoms with Crippen LogP contribution in [0.3, 0.4) is 0 Å². The lowest BCUT2D eigenvalue weighted by atomic mass is 9.86. The third-order valence-corrected chi connectivity index (χ3v) is 5.89. The summed E-state index contributed by atoms with van der Waals surface area (Å²) < 4.78 is 5.24. The van der Waals surface area contributed by atoms with Gasteiger partial charge in [-0.15, -0.1) is 0 Å². The van der Waals surface area contributed by atoms with Crippen molar-refractivity contribution >= 4 is 11.8 Å². The van der Waals surface area contributed by atoms with E-state index in [0.29, 0.717) is 32.4 Å². The Labute approximate surface area is 199 Å². The summed E-state index contributed by atoms with van der Waals surface area (Å²) in [6.07, 6.45) is 2.44. The van der Waals surface area contributed by atoms with Crippen LogP contribution in [0.15, 0.2) is 48.5 Å². The average Bonchev–Trinajstić information content (AvgIpc) is 2.81. The van der Waals surface area contributed by atoms with Crippen molar-refractivity contribution in [3.8, 4) is 5.75 Å². The first-order chi connectivity index (χ1) is 15.7. The molecule has 0 spiro atoms. The van der Waals surface area contributed by atoms with Crippen molar-refractivity contribution in [2.45, 2.75) is 78.3 Å². The maximum absolute atomic E-state index is 13.4. The van der Waals surface area contributed by atoms with Gasteiger partial charge in [-0.2, -0.15) is 0 Å². The van der Waals surface area contributed by atoms with Crippen molar-refractivity contribution in [3.63, 3.8) is 0 Å². The van der Waals surface area contributed by atoms with E-state index >= 15 is 0 Å². The van der Waals surface area contributed by atoms with E-state index in [4.69, 9.17) is 4.74 Å². The fraction of sp³-hybridized carbons (Fsp3) is 0.500. The van der Waals surface area contributed by atoms with Gasteiger partial charge in [0.1, 0.15) is 11.8 Å². The van der Waals surface area contributed by atoms with Crippen LogP contribution < -0.4 is 10.1 Å². The molecule has 2 amide bonds. The lowest BCUT2D eigenvalue weighted by Gasteiger charge is -2.31. The van der Waals surface area contributed by atoms with Gasteiger partial charge < -0.3 is 15.0 Å². The van der Waals surface area contributed by atoms with E-state index in [-0.39, 0.29) is 17.2 Å². The van der Waals surface area contributed by atoms with Crippen molar-refractivity contribution in [1.29, 1.82) is 0 Å². The molecular weight excluding hydrogens is 412 g/mol. The molecule has 2 rings (SSSR count). The third kappa shape index (κ3) is 7.92. The summed E-state index contributed by atoms with van der Waals surface area (Å²) in [6.45, 7) is 11.6. The van der Waals surface area contributed by atoms with Crippen LogP contribution in [-0.4, -0.2) is 36.4 Å². The van der Waals surface area contributed by atoms with Gasteiger partial charge in [-0.25, -0.2) is 0 Å². The predicted octanol–water partition coefficient (Wildman–Crippen LogP) is 5.26. The van der Waals surface area contributed by atoms with Gasteiger partial charge in [-0.3, -0.25) is 9.59 Å². The number of carbonyl (C=O) groups is 2. The summed E-state index contributed by atoms with van der Waals surface area (Å²) in [5.74, 6) is 0.669. The minimum atomic E-state index is -0.491. The summed E-state index contributed by atoms with van der Waals surface area (Å²) in [6, 6.07) is 15.7. The molecule has 0 unspecified atom stereocenters. The summed E-state index contributed by atoms with van der Waals surface area (Å²) >= 11 is 0. The standard InChI is InChI=1S/C28H40N2O3/c1-7-19-29-27(32)25(8-2)30(20-22-11-16-24(33-6)17-12-22)26(31)18-13-21-9-14-23(15-10-21)28(3,4)5/h9-12,14-17,25H,7-8,13,18-20H2,1-6H3,(H,29,32)/t25-/m1/s1. The lowest BCUT2D eigenvalue weighted by molar-refractivity contribution is -0.141. The zero-order chi connectivity index (χ0) is 24.4. The molecular formula is C28H40N2O3. The molecule has 33 heavy (non-hydrogen) atoms. The first kappa shape index (κ1) is 26.4. The molecule has 1 atom stereocenters. The van der Waals surface area contributed by atoms with E-state index in [0.717, 1.165) is 23.3 Å². The van der Waals surface area contributed by atoms with E-state index in [1.165, 1.54) is 5.56 Å². The molecule has 0 aliphatic heterocycles. The fourth-order valence-electron chi connectivity index (χ4n) is 3.78. The number of nitrogens with one attached hydrogen (secondary N) is 1. The third-order valence-electron chi connectivity index (χ3n) is 5.89. The Morgan fingerprint density at radius 3 is 2.09 bits per heavy atom. The maximum Gasteiger partial charge on any atom is 0.242 e. The molecule has 0 saturated carbocycles. The van der Waals surface area contributed by atoms with Crippen LogP contribution in [0.5, 0.6) is 5.75 Å². The van der Waals surface area contributed by atoms with Gasteiger partial charge in [-0.05, 0) is 53.5 Å². The highest BCUT2D eigenvalue weighted by Crippen LogP contribution is 2.23. The van der Waals surface area contributed by atoms with E-state index in [2.05, 4.69) is 50.4 Å². The van der Waals surface area contributed by atoms with Crippen LogP contribution in [0.1, 0.15) is 70.6 Å². The summed E-state index contributed by atoms with van der Waals surface area (Å²) in [7, 11) is 1.63. The van der Waals surface area contributed by atoms with Gasteiger partial charge in [-0.1, -0.05) is 71.0 Å². The molecule has 1 N–H and O–H groups in total. The minimum absolute atomic E-state index is 0.00999. The van der Waals surface area contributed by atoms with Crippen molar-refractivity contribution in [2.75, 3.05) is 13.7 Å². The molecule has 0 bridgehead atoms. The topological polar surface area (TPSA) is 58.6 Å². The van der Waals surface area contributed by atoms with Crippen LogP contribution in [-0.2, 0) is 28.0 Å². The molecule has 5 heteroatoms. The Hall–Kier alpha value is -2.82. The Morgan fingerprint density at radius 1 is 0.970 bits per heavy atom. The van der Waals surface area contributed by atoms with Gasteiger partial charge in [0.05, 0.1) is 7.11 Å². The van der Waals surface area contributed by atoms with E-state index in [9.17, 15) is 9.59 Å². The molecule has 0 fully saturated rings. The number of ether oxygens (including phenoxy) is 1. The molecule has 0 heterocycles. The second kappa shape index (κ2) is 12.4. The van der Waals surface area contributed by atoms with Crippen LogP contribution in [0.4, 0.5) is 0 Å². The Balaban J connectivity index is 2.17. The van der Waals surface area contributed by atoms with Crippen molar-refractivity contribution in [2.24, 2.45) is 0 Å². The van der Waals surface area contributed by atoms with Gasteiger partial charge >= 0.3 is 0 Å². The molecule has 2 aromatic rings. The van der Waals surface area contributed by atoms with E-state index < -0.39 is 6.04 Å². The monoisotopic (exact) mass is 452 g/mol. The number of hydrogen-bond donors (Lipinski definition) is 1. The second-order valence-electron chi connectivity index (χ2n) is 9.53. The molecule has 2 aromatic carbocycles. The molecule has 0 saturated heterocycles. The van der Waals surface area contributed by atoms with Crippen molar-refractivity contribution < 1.29 is 14.3 Å². The number of benzene rings is 2. The first-order valence-electron chi connectivity index (χ1n) is 12.0. The van der Waals surface area contributed by atoms with Crippen LogP contribution >= 0.6 is 0 Å². The van der Waals surface area contributed by atoms with Gasteiger partial charge in [0.15, 0.2) is 0 Å². The number of carbonyl (C=O) groups excluding carboxylic acids is 2. The Morgan fingerprint density at radius 2 is 1.58 bits per heavy atom. The average molecular weight is 453 g/mol. The SMILES string of the molecule is CCCNC(=O)[C@@H](CC)N(Cc1ccc(OC)cc1)C(=O)CCc1ccc(C(C)(C)C)cc1. The van der Waals surface area contributed by atoms with Crippen molar-refractivity contribution in [3.05, 3.63) is 65.2 Å². The summed E-state index contributed by atoms with van der Waals surface area (Å²) in [5, 5.41) is 2.96. The number of methoxy groups -OCH3 is 1. The molecule has 0 aliphatic rings. The normalized spacial score (nSPS) is 12.2. The predicted molar refractivity (Wildman–Crippen MR) is 134 cm³/mol. The minimum Gasteiger partial charge on any atom is -0.497 e. The number of aryl methyl sites for hydroxylation is 1. The number of rotatable bonds is 11. The van der Waals surface area contributed by atoms with Crippen molar-refractivity contribution in [1.82, 2.24) is 10.2 Å². The summed E-state index contributed by atoms with van der Waals surface area (Å²) in [4.78, 5) is 28.0. The lowest BCUT2D eigenvalue weighted by Crippen LogP contribution is -2.49. The van der Waals surface area contributed by atoms with Crippen LogP contribution in [0, 0.1) is 0 Å². The zero-order valence-corrected chi connectivity index (χ0v) is 21.1. The van der Waals surface area contributed by atoms with Crippen LogP contribution in [0.2, 0.25) is 0 Å². The van der Waals surface area contributed by atoms with E-state index in [1.54, 1.807) is 12.0 Å². The molecule has 0 radical (unpaired) electrons. The number of hydrogen-bond acceptors (Lipinski definition) is 3. The molecule has 5 nitrogen and oxygen atoms in total. The quantitative estimate of drug-likeness (QED) is 0.506. The van der Waals surface area contributed by atoms with Gasteiger partial charge in [0.25, 0.3) is 0 Å². The first-order valence-corrected chi connectivity index (χ1v) is 12.0. The molecule has 180 valence electrons. The smallest absolute Gasteiger partial charge is 0.242 e. The number of nitrogens with zero attached hydrogens (tertiary/aromatic N) is 1. The Kier molecular flexibility index (Phi) is 9.95. The van der Waals surface area contributed by atoms with Crippen LogP contribution in [0.25, 0.3) is 0 Å². The largest absolute Gasteiger partial charge is 0.497 e. The number of amides is 2. The second-order valence-corrected chi connectivity index (χ2v) is 9.53. The summed E-state index contributed by atoms with van der Waals surface area (Å²) in [5.41, 5.74) is 3.48. The van der Waals surface area contributed by atoms with Gasteiger partial charge in [0, 0.05) is 19.5 Å². The Bertz CT molecular complexity index is 883. The molecule has 0 aromatic heterocycles. The fourth-order valence-corrected chi connectivity index (χ4v) is 3.78. The highest BCUT2D eigenvalue weighted by molar-refractivity contribution is 5.87. The molecule has 0 aliphatic carbocycles. The van der Waals surface area contributed by atoms with E-state index in [1.807, 2.05) is 38.1 Å². The van der Waals surface area contributed by atoms with Gasteiger partial charge in [0.2, 0.25) is 11.8 Å². The highest BCUT2D eigenvalue weighted by Gasteiger charge is 2.28. The highest BCUT2D eigenvalue weighted by atomic mass is 16.5. The maximum atomic E-state index is 13.4.